The van der Waals surface area contributed by atoms with Crippen LogP contribution < -0.4 is 10.6 Å². The van der Waals surface area contributed by atoms with Gasteiger partial charge < -0.3 is 9.84 Å². The molecular weight excluding hydrogens is 284 g/mol. The molecule has 2 N–H and O–H groups in total. The van der Waals surface area contributed by atoms with E-state index in [0.29, 0.717) is 11.8 Å². The smallest absolute Gasteiger partial charge is 0.243 e. The molecule has 0 aromatic carbocycles. The van der Waals surface area contributed by atoms with Gasteiger partial charge in [-0.2, -0.15) is 0 Å². The molecular formula is C15H24N4O3. The zero-order valence-corrected chi connectivity index (χ0v) is 13.4. The van der Waals surface area contributed by atoms with E-state index in [0.717, 1.165) is 38.2 Å². The fourth-order valence-electron chi connectivity index (χ4n) is 2.65. The van der Waals surface area contributed by atoms with E-state index in [2.05, 4.69) is 20.7 Å². The third kappa shape index (κ3) is 4.56. The standard InChI is InChI=1S/C15H24N4O3/c1-10-8-14(22-18-10)17-15(21)11(2)19-6-4-13(5-7-19)9-16-12(3)20/h8,11,13H,4-7,9H2,1-3H3,(H,16,20)(H,17,21). The maximum absolute atomic E-state index is 12.2. The fourth-order valence-corrected chi connectivity index (χ4v) is 2.65. The third-order valence-corrected chi connectivity index (χ3v) is 4.09. The van der Waals surface area contributed by atoms with Gasteiger partial charge in [0, 0.05) is 19.5 Å². The van der Waals surface area contributed by atoms with Crippen LogP contribution >= 0.6 is 0 Å². The highest BCUT2D eigenvalue weighted by atomic mass is 16.5. The monoisotopic (exact) mass is 308 g/mol. The lowest BCUT2D eigenvalue weighted by molar-refractivity contribution is -0.121. The number of carbonyl (C=O) groups excluding carboxylic acids is 2. The molecule has 1 aromatic rings. The summed E-state index contributed by atoms with van der Waals surface area (Å²) in [5.41, 5.74) is 0.738. The van der Waals surface area contributed by atoms with E-state index in [1.54, 1.807) is 6.07 Å². The van der Waals surface area contributed by atoms with Crippen molar-refractivity contribution in [3.8, 4) is 0 Å². The maximum Gasteiger partial charge on any atom is 0.243 e. The van der Waals surface area contributed by atoms with Gasteiger partial charge in [0.15, 0.2) is 0 Å². The summed E-state index contributed by atoms with van der Waals surface area (Å²) in [6, 6.07) is 1.48. The predicted octanol–water partition coefficient (Wildman–Crippen LogP) is 1.16. The molecule has 1 aromatic heterocycles. The Hall–Kier alpha value is -1.89. The highest BCUT2D eigenvalue weighted by Gasteiger charge is 2.27. The van der Waals surface area contributed by atoms with Crippen LogP contribution in [0.3, 0.4) is 0 Å². The summed E-state index contributed by atoms with van der Waals surface area (Å²) in [4.78, 5) is 25.3. The number of nitrogens with zero attached hydrogens (tertiary/aromatic N) is 2. The van der Waals surface area contributed by atoms with Crippen LogP contribution in [0.4, 0.5) is 5.88 Å². The molecule has 1 aliphatic rings. The molecule has 0 aliphatic carbocycles. The number of nitrogens with one attached hydrogen (secondary N) is 2. The lowest BCUT2D eigenvalue weighted by Gasteiger charge is -2.35. The van der Waals surface area contributed by atoms with Gasteiger partial charge in [0.05, 0.1) is 11.7 Å². The van der Waals surface area contributed by atoms with Gasteiger partial charge in [-0.1, -0.05) is 5.16 Å². The Balaban J connectivity index is 1.77. The van der Waals surface area contributed by atoms with E-state index in [-0.39, 0.29) is 17.9 Å². The lowest BCUT2D eigenvalue weighted by atomic mass is 9.95. The highest BCUT2D eigenvalue weighted by molar-refractivity contribution is 5.93. The Morgan fingerprint density at radius 1 is 1.45 bits per heavy atom. The second kappa shape index (κ2) is 7.40. The quantitative estimate of drug-likeness (QED) is 0.852. The van der Waals surface area contributed by atoms with E-state index in [9.17, 15) is 9.59 Å². The van der Waals surface area contributed by atoms with Crippen molar-refractivity contribution in [1.29, 1.82) is 0 Å². The molecule has 122 valence electrons. The van der Waals surface area contributed by atoms with Crippen LogP contribution in [-0.4, -0.2) is 47.5 Å². The Morgan fingerprint density at radius 2 is 2.14 bits per heavy atom. The first-order valence-electron chi connectivity index (χ1n) is 7.68. The van der Waals surface area contributed by atoms with Crippen LogP contribution in [0.25, 0.3) is 0 Å². The average Bonchev–Trinajstić information content (AvgIpc) is 2.90. The molecule has 1 atom stereocenters. The molecule has 0 saturated carbocycles. The maximum atomic E-state index is 12.2. The van der Waals surface area contributed by atoms with Gasteiger partial charge >= 0.3 is 0 Å². The first kappa shape index (κ1) is 16.5. The number of aryl methyl sites for hydroxylation is 1. The van der Waals surface area contributed by atoms with Gasteiger partial charge in [-0.3, -0.25) is 19.8 Å². The molecule has 2 heterocycles. The normalized spacial score (nSPS) is 18.0. The fraction of sp³-hybridized carbons (Fsp3) is 0.667. The van der Waals surface area contributed by atoms with Crippen molar-refractivity contribution >= 4 is 17.7 Å². The molecule has 1 saturated heterocycles. The van der Waals surface area contributed by atoms with Crippen molar-refractivity contribution in [2.24, 2.45) is 5.92 Å². The number of amides is 2. The van der Waals surface area contributed by atoms with Crippen molar-refractivity contribution < 1.29 is 14.1 Å². The topological polar surface area (TPSA) is 87.5 Å². The molecule has 1 fully saturated rings. The first-order chi connectivity index (χ1) is 10.5. The van der Waals surface area contributed by atoms with Gasteiger partial charge in [0.25, 0.3) is 0 Å². The summed E-state index contributed by atoms with van der Waals surface area (Å²) in [6.45, 7) is 7.67. The Kier molecular flexibility index (Phi) is 5.54. The predicted molar refractivity (Wildman–Crippen MR) is 82.3 cm³/mol. The number of anilines is 1. The van der Waals surface area contributed by atoms with Crippen LogP contribution in [0.15, 0.2) is 10.6 Å². The van der Waals surface area contributed by atoms with Crippen molar-refractivity contribution in [2.45, 2.75) is 39.7 Å². The minimum absolute atomic E-state index is 0.0116. The van der Waals surface area contributed by atoms with E-state index in [4.69, 9.17) is 4.52 Å². The molecule has 0 bridgehead atoms. The molecule has 1 aliphatic heterocycles. The molecule has 7 nitrogen and oxygen atoms in total. The number of hydrogen-bond acceptors (Lipinski definition) is 5. The van der Waals surface area contributed by atoms with E-state index in [1.165, 1.54) is 6.92 Å². The van der Waals surface area contributed by atoms with E-state index in [1.807, 2.05) is 13.8 Å². The summed E-state index contributed by atoms with van der Waals surface area (Å²) >= 11 is 0. The number of aromatic nitrogens is 1. The highest BCUT2D eigenvalue weighted by Crippen LogP contribution is 2.19. The Bertz CT molecular complexity index is 521. The summed E-state index contributed by atoms with van der Waals surface area (Å²) in [6.07, 6.45) is 1.97. The van der Waals surface area contributed by atoms with Crippen molar-refractivity contribution in [2.75, 3.05) is 25.0 Å². The van der Waals surface area contributed by atoms with Crippen molar-refractivity contribution in [3.05, 3.63) is 11.8 Å². The van der Waals surface area contributed by atoms with Crippen LogP contribution in [0, 0.1) is 12.8 Å². The number of rotatable bonds is 5. The van der Waals surface area contributed by atoms with Gasteiger partial charge in [0.2, 0.25) is 17.7 Å². The zero-order chi connectivity index (χ0) is 16.1. The summed E-state index contributed by atoms with van der Waals surface area (Å²) in [5.74, 6) is 0.802. The van der Waals surface area contributed by atoms with Gasteiger partial charge in [-0.15, -0.1) is 0 Å². The molecule has 22 heavy (non-hydrogen) atoms. The zero-order valence-electron chi connectivity index (χ0n) is 13.4. The second-order valence-corrected chi connectivity index (χ2v) is 5.91. The van der Waals surface area contributed by atoms with Crippen LogP contribution in [0.2, 0.25) is 0 Å². The number of carbonyl (C=O) groups is 2. The largest absolute Gasteiger partial charge is 0.356 e. The van der Waals surface area contributed by atoms with Crippen molar-refractivity contribution in [1.82, 2.24) is 15.4 Å². The van der Waals surface area contributed by atoms with Crippen molar-refractivity contribution in [3.63, 3.8) is 0 Å². The van der Waals surface area contributed by atoms with E-state index < -0.39 is 0 Å². The Morgan fingerprint density at radius 3 is 2.68 bits per heavy atom. The van der Waals surface area contributed by atoms with Gasteiger partial charge in [-0.05, 0) is 45.7 Å². The number of piperidine rings is 1. The number of likely N-dealkylation sites (tertiary alicyclic amines) is 1. The van der Waals surface area contributed by atoms with Gasteiger partial charge in [-0.25, -0.2) is 0 Å². The first-order valence-corrected chi connectivity index (χ1v) is 7.68. The minimum atomic E-state index is -0.216. The summed E-state index contributed by atoms with van der Waals surface area (Å²) in [7, 11) is 0. The van der Waals surface area contributed by atoms with Crippen LogP contribution in [0.5, 0.6) is 0 Å². The molecule has 1 unspecified atom stereocenters. The summed E-state index contributed by atoms with van der Waals surface area (Å²) < 4.78 is 5.00. The number of hydrogen-bond donors (Lipinski definition) is 2. The summed E-state index contributed by atoms with van der Waals surface area (Å²) in [5, 5.41) is 9.35. The molecule has 7 heteroatoms. The van der Waals surface area contributed by atoms with Gasteiger partial charge in [0.1, 0.15) is 0 Å². The second-order valence-electron chi connectivity index (χ2n) is 5.91. The lowest BCUT2D eigenvalue weighted by Crippen LogP contribution is -2.47. The third-order valence-electron chi connectivity index (χ3n) is 4.09. The molecule has 0 spiro atoms. The molecule has 0 radical (unpaired) electrons. The average molecular weight is 308 g/mol. The van der Waals surface area contributed by atoms with Crippen LogP contribution in [-0.2, 0) is 9.59 Å². The van der Waals surface area contributed by atoms with Crippen LogP contribution in [0.1, 0.15) is 32.4 Å². The molecule has 2 rings (SSSR count). The minimum Gasteiger partial charge on any atom is -0.356 e. The molecule has 2 amide bonds. The SMILES string of the molecule is CC(=O)NCC1CCN(C(C)C(=O)Nc2cc(C)no2)CC1. The van der Waals surface area contributed by atoms with E-state index >= 15 is 0 Å². The Labute approximate surface area is 130 Å².